The van der Waals surface area contributed by atoms with Crippen LogP contribution in [0.5, 0.6) is 0 Å². The van der Waals surface area contributed by atoms with Gasteiger partial charge in [0.15, 0.2) is 0 Å². The quantitative estimate of drug-likeness (QED) is 0.360. The molecule has 0 fully saturated rings. The summed E-state index contributed by atoms with van der Waals surface area (Å²) < 4.78 is 1.75. The molecule has 1 N–H and O–H groups in total. The summed E-state index contributed by atoms with van der Waals surface area (Å²) in [7, 11) is 0. The van der Waals surface area contributed by atoms with E-state index in [0.29, 0.717) is 11.4 Å². The third kappa shape index (κ3) is 5.33. The van der Waals surface area contributed by atoms with Crippen LogP contribution in [-0.2, 0) is 10.2 Å². The molecular weight excluding hydrogens is 448 g/mol. The molecule has 0 radical (unpaired) electrons. The van der Waals surface area contributed by atoms with Gasteiger partial charge in [-0.3, -0.25) is 9.59 Å². The lowest BCUT2D eigenvalue weighted by molar-refractivity contribution is -0.117. The van der Waals surface area contributed by atoms with E-state index in [2.05, 4.69) is 26.1 Å². The molecule has 4 rings (SSSR count). The van der Waals surface area contributed by atoms with Gasteiger partial charge in [-0.05, 0) is 49.7 Å². The van der Waals surface area contributed by atoms with Crippen LogP contribution in [0.2, 0.25) is 0 Å². The molecule has 0 bridgehead atoms. The minimum absolute atomic E-state index is 0.0658. The average Bonchev–Trinajstić information content (AvgIpc) is 3.26. The van der Waals surface area contributed by atoms with Crippen LogP contribution >= 0.6 is 0 Å². The van der Waals surface area contributed by atoms with Gasteiger partial charge in [0, 0.05) is 23.1 Å². The highest BCUT2D eigenvalue weighted by Gasteiger charge is 2.25. The minimum atomic E-state index is -0.272. The first kappa shape index (κ1) is 25.2. The third-order valence-electron chi connectivity index (χ3n) is 6.24. The summed E-state index contributed by atoms with van der Waals surface area (Å²) in [5.41, 5.74) is 3.27. The summed E-state index contributed by atoms with van der Waals surface area (Å²) in [6.07, 6.45) is 0. The maximum absolute atomic E-state index is 13.6. The Bertz CT molecular complexity index is 1390. The predicted molar refractivity (Wildman–Crippen MR) is 146 cm³/mol. The number of aryl methyl sites for hydroxylation is 1. The van der Waals surface area contributed by atoms with Crippen LogP contribution in [0, 0.1) is 6.92 Å². The third-order valence-corrected chi connectivity index (χ3v) is 6.24. The molecule has 186 valence electrons. The Balaban J connectivity index is 1.62. The largest absolute Gasteiger partial charge is 0.327 e. The van der Waals surface area contributed by atoms with Crippen molar-refractivity contribution in [2.75, 3.05) is 11.9 Å². The number of fused-ring (bicyclic) bond motifs is 1. The number of hydrogen-bond acceptors (Lipinski definition) is 3. The van der Waals surface area contributed by atoms with Crippen LogP contribution in [-0.4, -0.2) is 39.1 Å². The minimum Gasteiger partial charge on any atom is -0.327 e. The standard InChI is InChI=1S/C30H34N4O2/c1-20(2)33(29(36)25-13-9-11-22-10-7-8-12-24(22)25)19-28(35)31-27-18-26(30(4,5)6)32-34(27)23-16-14-21(3)15-17-23/h7-18,20H,19H2,1-6H3,(H,31,35). The second-order valence-electron chi connectivity index (χ2n) is 10.5. The summed E-state index contributed by atoms with van der Waals surface area (Å²) >= 11 is 0. The lowest BCUT2D eigenvalue weighted by Gasteiger charge is -2.27. The van der Waals surface area contributed by atoms with Crippen LogP contribution in [0.4, 0.5) is 5.82 Å². The molecule has 0 aliphatic heterocycles. The molecule has 6 nitrogen and oxygen atoms in total. The Morgan fingerprint density at radius 3 is 2.31 bits per heavy atom. The van der Waals surface area contributed by atoms with E-state index in [1.54, 1.807) is 9.58 Å². The van der Waals surface area contributed by atoms with Crippen LogP contribution < -0.4 is 5.32 Å². The van der Waals surface area contributed by atoms with Crippen molar-refractivity contribution in [2.24, 2.45) is 0 Å². The number of nitrogens with zero attached hydrogens (tertiary/aromatic N) is 3. The van der Waals surface area contributed by atoms with Gasteiger partial charge >= 0.3 is 0 Å². The molecule has 0 atom stereocenters. The van der Waals surface area contributed by atoms with Crippen molar-refractivity contribution in [2.45, 2.75) is 53.0 Å². The average molecular weight is 483 g/mol. The molecule has 3 aromatic carbocycles. The molecule has 0 unspecified atom stereocenters. The topological polar surface area (TPSA) is 67.2 Å². The molecule has 6 heteroatoms. The number of rotatable bonds is 6. The first-order valence-electron chi connectivity index (χ1n) is 12.3. The van der Waals surface area contributed by atoms with Gasteiger partial charge in [-0.15, -0.1) is 0 Å². The smallest absolute Gasteiger partial charge is 0.255 e. The van der Waals surface area contributed by atoms with Crippen LogP contribution in [0.1, 0.15) is 56.2 Å². The monoisotopic (exact) mass is 482 g/mol. The Morgan fingerprint density at radius 2 is 1.64 bits per heavy atom. The molecule has 0 spiro atoms. The number of hydrogen-bond donors (Lipinski definition) is 1. The summed E-state index contributed by atoms with van der Waals surface area (Å²) in [5.74, 6) is 0.139. The highest BCUT2D eigenvalue weighted by atomic mass is 16.2. The molecule has 0 saturated heterocycles. The van der Waals surface area contributed by atoms with Gasteiger partial charge in [-0.2, -0.15) is 5.10 Å². The Hall–Kier alpha value is -3.93. The van der Waals surface area contributed by atoms with Crippen molar-refractivity contribution in [1.29, 1.82) is 0 Å². The van der Waals surface area contributed by atoms with Gasteiger partial charge in [0.1, 0.15) is 12.4 Å². The van der Waals surface area contributed by atoms with Crippen LogP contribution in [0.15, 0.2) is 72.8 Å². The van der Waals surface area contributed by atoms with Gasteiger partial charge in [-0.25, -0.2) is 4.68 Å². The van der Waals surface area contributed by atoms with Crippen molar-refractivity contribution in [3.05, 3.63) is 89.6 Å². The fourth-order valence-corrected chi connectivity index (χ4v) is 4.11. The summed E-state index contributed by atoms with van der Waals surface area (Å²) in [5, 5.41) is 9.67. The molecule has 0 aliphatic carbocycles. The molecule has 1 heterocycles. The number of anilines is 1. The first-order valence-corrected chi connectivity index (χ1v) is 12.3. The predicted octanol–water partition coefficient (Wildman–Crippen LogP) is 6.12. The summed E-state index contributed by atoms with van der Waals surface area (Å²) in [4.78, 5) is 28.5. The van der Waals surface area contributed by atoms with E-state index >= 15 is 0 Å². The lowest BCUT2D eigenvalue weighted by Crippen LogP contribution is -2.42. The van der Waals surface area contributed by atoms with E-state index in [9.17, 15) is 9.59 Å². The van der Waals surface area contributed by atoms with Gasteiger partial charge in [0.05, 0.1) is 11.4 Å². The molecule has 0 saturated carbocycles. The van der Waals surface area contributed by atoms with Gasteiger partial charge in [-0.1, -0.05) is 74.9 Å². The van der Waals surface area contributed by atoms with Crippen LogP contribution in [0.3, 0.4) is 0 Å². The number of carbonyl (C=O) groups excluding carboxylic acids is 2. The Kier molecular flexibility index (Phi) is 6.97. The lowest BCUT2D eigenvalue weighted by atomic mass is 9.92. The zero-order valence-electron chi connectivity index (χ0n) is 21.9. The molecule has 4 aromatic rings. The highest BCUT2D eigenvalue weighted by Crippen LogP contribution is 2.27. The second-order valence-corrected chi connectivity index (χ2v) is 10.5. The van der Waals surface area contributed by atoms with Gasteiger partial charge < -0.3 is 10.2 Å². The summed E-state index contributed by atoms with van der Waals surface area (Å²) in [6, 6.07) is 23.2. The van der Waals surface area contributed by atoms with E-state index in [1.807, 2.05) is 93.6 Å². The van der Waals surface area contributed by atoms with Gasteiger partial charge in [0.2, 0.25) is 5.91 Å². The van der Waals surface area contributed by atoms with Gasteiger partial charge in [0.25, 0.3) is 5.91 Å². The first-order chi connectivity index (χ1) is 17.0. The van der Waals surface area contributed by atoms with E-state index in [-0.39, 0.29) is 29.8 Å². The Morgan fingerprint density at radius 1 is 0.972 bits per heavy atom. The normalized spacial score (nSPS) is 11.6. The molecular formula is C30H34N4O2. The number of aromatic nitrogens is 2. The van der Waals surface area contributed by atoms with E-state index in [4.69, 9.17) is 5.10 Å². The van der Waals surface area contributed by atoms with Crippen molar-refractivity contribution < 1.29 is 9.59 Å². The zero-order valence-corrected chi connectivity index (χ0v) is 21.9. The Labute approximate surface area is 212 Å². The van der Waals surface area contributed by atoms with Crippen molar-refractivity contribution in [3.63, 3.8) is 0 Å². The maximum Gasteiger partial charge on any atom is 0.255 e. The number of amides is 2. The fraction of sp³-hybridized carbons (Fsp3) is 0.300. The molecule has 36 heavy (non-hydrogen) atoms. The summed E-state index contributed by atoms with van der Waals surface area (Å²) in [6.45, 7) is 12.1. The SMILES string of the molecule is Cc1ccc(-n2nc(C(C)(C)C)cc2NC(=O)CN(C(=O)c2cccc3ccccc23)C(C)C)cc1. The van der Waals surface area contributed by atoms with Crippen molar-refractivity contribution in [1.82, 2.24) is 14.7 Å². The second kappa shape index (κ2) is 9.97. The molecule has 2 amide bonds. The van der Waals surface area contributed by atoms with Crippen molar-refractivity contribution in [3.8, 4) is 5.69 Å². The fourth-order valence-electron chi connectivity index (χ4n) is 4.11. The molecule has 1 aromatic heterocycles. The number of carbonyl (C=O) groups is 2. The van der Waals surface area contributed by atoms with Crippen molar-refractivity contribution >= 4 is 28.4 Å². The maximum atomic E-state index is 13.6. The van der Waals surface area contributed by atoms with E-state index in [0.717, 1.165) is 27.7 Å². The van der Waals surface area contributed by atoms with E-state index < -0.39 is 0 Å². The molecule has 0 aliphatic rings. The zero-order chi connectivity index (χ0) is 26.0. The number of nitrogens with one attached hydrogen (secondary N) is 1. The number of benzene rings is 3. The van der Waals surface area contributed by atoms with E-state index in [1.165, 1.54) is 0 Å². The van der Waals surface area contributed by atoms with Crippen LogP contribution in [0.25, 0.3) is 16.5 Å². The highest BCUT2D eigenvalue weighted by molar-refractivity contribution is 6.08.